The third kappa shape index (κ3) is 6.72. The highest BCUT2D eigenvalue weighted by Gasteiger charge is 2.36. The number of rotatable bonds is 10. The van der Waals surface area contributed by atoms with Gasteiger partial charge in [0.05, 0.1) is 10.6 Å². The number of halogens is 2. The lowest BCUT2D eigenvalue weighted by Crippen LogP contribution is -2.54. The van der Waals surface area contributed by atoms with Crippen molar-refractivity contribution in [2.24, 2.45) is 0 Å². The Morgan fingerprint density at radius 3 is 2.18 bits per heavy atom. The molecule has 0 spiro atoms. The number of hydrogen-bond donors (Lipinski definition) is 1. The zero-order chi connectivity index (χ0) is 31.6. The Morgan fingerprint density at radius 2 is 1.52 bits per heavy atom. The fourth-order valence-corrected chi connectivity index (χ4v) is 7.84. The molecule has 0 saturated heterocycles. The lowest BCUT2D eigenvalue weighted by Gasteiger charge is -2.34. The molecule has 1 N–H and O–H groups in total. The van der Waals surface area contributed by atoms with E-state index in [1.54, 1.807) is 36.4 Å². The van der Waals surface area contributed by atoms with E-state index in [-0.39, 0.29) is 49.1 Å². The molecular formula is C34H35Cl2N3O4S. The molecule has 44 heavy (non-hydrogen) atoms. The highest BCUT2D eigenvalue weighted by atomic mass is 35.5. The maximum Gasteiger partial charge on any atom is 0.265 e. The van der Waals surface area contributed by atoms with Crippen LogP contribution in [0.4, 0.5) is 5.69 Å². The van der Waals surface area contributed by atoms with Crippen LogP contribution in [-0.2, 0) is 32.6 Å². The van der Waals surface area contributed by atoms with Gasteiger partial charge in [0, 0.05) is 52.5 Å². The van der Waals surface area contributed by atoms with Gasteiger partial charge in [-0.3, -0.25) is 13.9 Å². The van der Waals surface area contributed by atoms with Gasteiger partial charge in [-0.05, 0) is 62.4 Å². The second kappa shape index (κ2) is 12.8. The molecule has 4 aromatic rings. The molecule has 0 radical (unpaired) electrons. The van der Waals surface area contributed by atoms with Crippen LogP contribution in [-0.4, -0.2) is 43.3 Å². The van der Waals surface area contributed by atoms with Crippen LogP contribution in [0, 0.1) is 0 Å². The van der Waals surface area contributed by atoms with Crippen LogP contribution < -0.4 is 9.62 Å². The molecule has 1 atom stereocenters. The Kier molecular flexibility index (Phi) is 9.25. The van der Waals surface area contributed by atoms with Gasteiger partial charge >= 0.3 is 0 Å². The number of nitrogens with zero attached hydrogens (tertiary/aromatic N) is 2. The van der Waals surface area contributed by atoms with Crippen molar-refractivity contribution in [2.45, 2.75) is 63.1 Å². The molecule has 10 heteroatoms. The molecule has 0 aliphatic carbocycles. The fourth-order valence-electron chi connectivity index (χ4n) is 5.58. The number of sulfonamides is 1. The van der Waals surface area contributed by atoms with Crippen LogP contribution in [0.2, 0.25) is 10.0 Å². The monoisotopic (exact) mass is 651 g/mol. The number of carbonyl (C=O) groups excluding carboxylic acids is 2. The molecule has 0 saturated carbocycles. The van der Waals surface area contributed by atoms with Crippen LogP contribution >= 0.6 is 23.2 Å². The molecule has 0 fully saturated rings. The molecule has 7 nitrogen and oxygen atoms in total. The van der Waals surface area contributed by atoms with Crippen molar-refractivity contribution >= 4 is 61.5 Å². The van der Waals surface area contributed by atoms with E-state index in [2.05, 4.69) is 5.32 Å². The van der Waals surface area contributed by atoms with Crippen LogP contribution in [0.25, 0.3) is 10.8 Å². The van der Waals surface area contributed by atoms with Crippen molar-refractivity contribution in [3.8, 4) is 0 Å². The van der Waals surface area contributed by atoms with Gasteiger partial charge in [-0.15, -0.1) is 0 Å². The number of hydrogen-bond acceptors (Lipinski definition) is 4. The van der Waals surface area contributed by atoms with Crippen LogP contribution in [0.1, 0.15) is 44.7 Å². The summed E-state index contributed by atoms with van der Waals surface area (Å²) in [7, 11) is -3.76. The highest BCUT2D eigenvalue weighted by molar-refractivity contribution is 7.93. The summed E-state index contributed by atoms with van der Waals surface area (Å²) in [5.41, 5.74) is 1.49. The molecule has 230 valence electrons. The minimum atomic E-state index is -3.76. The standard InChI is InChI=1S/C34H35Cl2N3O4S/c1-34(2,3)37-33(41)29(21-23-11-5-4-6-12-23)38(22-25-26(35)15-9-16-27(25)36)31(40)19-10-20-39-28-17-7-13-24-14-8-18-30(32(24)28)44(39,42)43/h4-9,11-18,29H,10,19-22H2,1-3H3,(H,37,41)/t29-/m0/s1. The summed E-state index contributed by atoms with van der Waals surface area (Å²) in [4.78, 5) is 29.7. The maximum absolute atomic E-state index is 14.1. The second-order valence-electron chi connectivity index (χ2n) is 12.0. The first kappa shape index (κ1) is 31.8. The Morgan fingerprint density at radius 1 is 0.886 bits per heavy atom. The van der Waals surface area contributed by atoms with E-state index in [9.17, 15) is 18.0 Å². The second-order valence-corrected chi connectivity index (χ2v) is 14.6. The summed E-state index contributed by atoms with van der Waals surface area (Å²) in [6, 6.07) is 24.5. The van der Waals surface area contributed by atoms with Crippen molar-refractivity contribution in [1.29, 1.82) is 0 Å². The zero-order valence-electron chi connectivity index (χ0n) is 24.9. The van der Waals surface area contributed by atoms with Crippen molar-refractivity contribution in [2.75, 3.05) is 10.8 Å². The maximum atomic E-state index is 14.1. The van der Waals surface area contributed by atoms with Crippen LogP contribution in [0.5, 0.6) is 0 Å². The van der Waals surface area contributed by atoms with E-state index in [1.807, 2.05) is 69.3 Å². The van der Waals surface area contributed by atoms with Crippen molar-refractivity contribution in [1.82, 2.24) is 10.2 Å². The molecule has 4 aromatic carbocycles. The Balaban J connectivity index is 1.44. The molecule has 2 amide bonds. The molecule has 0 aromatic heterocycles. The summed E-state index contributed by atoms with van der Waals surface area (Å²) in [6.07, 6.45) is 0.525. The molecule has 5 rings (SSSR count). The first-order chi connectivity index (χ1) is 20.9. The van der Waals surface area contributed by atoms with Gasteiger partial charge in [0.15, 0.2) is 0 Å². The molecule has 1 heterocycles. The predicted molar refractivity (Wildman–Crippen MR) is 177 cm³/mol. The summed E-state index contributed by atoms with van der Waals surface area (Å²) in [5.74, 6) is -0.611. The lowest BCUT2D eigenvalue weighted by atomic mass is 10.00. The quantitative estimate of drug-likeness (QED) is 0.200. The largest absolute Gasteiger partial charge is 0.350 e. The molecule has 1 aliphatic rings. The third-order valence-electron chi connectivity index (χ3n) is 7.59. The predicted octanol–water partition coefficient (Wildman–Crippen LogP) is 6.99. The smallest absolute Gasteiger partial charge is 0.265 e. The number of anilines is 1. The Bertz CT molecular complexity index is 1780. The van der Waals surface area contributed by atoms with Gasteiger partial charge < -0.3 is 10.2 Å². The van der Waals surface area contributed by atoms with Gasteiger partial charge in [-0.1, -0.05) is 83.9 Å². The third-order valence-corrected chi connectivity index (χ3v) is 10.2. The first-order valence-electron chi connectivity index (χ1n) is 14.5. The van der Waals surface area contributed by atoms with Crippen molar-refractivity contribution in [3.05, 3.63) is 106 Å². The van der Waals surface area contributed by atoms with E-state index in [1.165, 1.54) is 9.21 Å². The van der Waals surface area contributed by atoms with Crippen molar-refractivity contribution in [3.63, 3.8) is 0 Å². The minimum Gasteiger partial charge on any atom is -0.350 e. The van der Waals surface area contributed by atoms with Crippen LogP contribution in [0.15, 0.2) is 89.8 Å². The average Bonchev–Trinajstić information content (AvgIpc) is 3.19. The average molecular weight is 653 g/mol. The topological polar surface area (TPSA) is 86.8 Å². The normalized spacial score (nSPS) is 14.4. The number of carbonyl (C=O) groups is 2. The summed E-state index contributed by atoms with van der Waals surface area (Å²) < 4.78 is 28.3. The van der Waals surface area contributed by atoms with E-state index in [0.29, 0.717) is 26.7 Å². The van der Waals surface area contributed by atoms with Gasteiger partial charge in [0.25, 0.3) is 10.0 Å². The molecule has 0 bridgehead atoms. The van der Waals surface area contributed by atoms with Crippen LogP contribution in [0.3, 0.4) is 0 Å². The lowest BCUT2D eigenvalue weighted by molar-refractivity contribution is -0.142. The van der Waals surface area contributed by atoms with E-state index < -0.39 is 21.6 Å². The van der Waals surface area contributed by atoms with E-state index in [0.717, 1.165) is 10.9 Å². The van der Waals surface area contributed by atoms with Gasteiger partial charge in [-0.25, -0.2) is 8.42 Å². The van der Waals surface area contributed by atoms with E-state index in [4.69, 9.17) is 23.2 Å². The summed E-state index contributed by atoms with van der Waals surface area (Å²) in [5, 5.41) is 5.35. The van der Waals surface area contributed by atoms with Gasteiger partial charge in [-0.2, -0.15) is 0 Å². The van der Waals surface area contributed by atoms with E-state index >= 15 is 0 Å². The Labute approximate surface area is 268 Å². The fraction of sp³-hybridized carbons (Fsp3) is 0.294. The first-order valence-corrected chi connectivity index (χ1v) is 16.7. The van der Waals surface area contributed by atoms with Gasteiger partial charge in [0.2, 0.25) is 11.8 Å². The Hall–Kier alpha value is -3.59. The summed E-state index contributed by atoms with van der Waals surface area (Å²) >= 11 is 13.1. The highest BCUT2D eigenvalue weighted by Crippen LogP contribution is 2.42. The SMILES string of the molecule is CC(C)(C)NC(=O)[C@H](Cc1ccccc1)N(Cc1c(Cl)cccc1Cl)C(=O)CCCN1c2cccc3cccc(c23)S1(=O)=O. The number of amides is 2. The molecule has 0 unspecified atom stereocenters. The number of benzene rings is 4. The summed E-state index contributed by atoms with van der Waals surface area (Å²) in [6.45, 7) is 5.78. The molecular weight excluding hydrogens is 617 g/mol. The van der Waals surface area contributed by atoms with Gasteiger partial charge in [0.1, 0.15) is 6.04 Å². The minimum absolute atomic E-state index is 0.00843. The van der Waals surface area contributed by atoms with Crippen molar-refractivity contribution < 1.29 is 18.0 Å². The molecule has 1 aliphatic heterocycles. The number of nitrogens with one attached hydrogen (secondary N) is 1. The zero-order valence-corrected chi connectivity index (χ0v) is 27.2.